The third kappa shape index (κ3) is 7.48. The average molecular weight is 326 g/mol. The van der Waals surface area contributed by atoms with Crippen molar-refractivity contribution in [3.05, 3.63) is 0 Å². The minimum atomic E-state index is -0.521. The van der Waals surface area contributed by atoms with Crippen LogP contribution in [0.25, 0.3) is 0 Å². The number of piperazine rings is 1. The standard InChI is InChI=1S/C17H30N2O4/c1-13(2)6-7-14(20)12-15(21)18-8-10-19(11-9-18)16(22)23-17(3,4)5/h13H,6-12H2,1-5H3. The lowest BCUT2D eigenvalue weighted by Gasteiger charge is -2.35. The van der Waals surface area contributed by atoms with Gasteiger partial charge in [-0.3, -0.25) is 9.59 Å². The Bertz CT molecular complexity index is 432. The van der Waals surface area contributed by atoms with Gasteiger partial charge in [-0.05, 0) is 33.1 Å². The predicted octanol–water partition coefficient (Wildman–Crippen LogP) is 2.46. The highest BCUT2D eigenvalue weighted by molar-refractivity contribution is 5.98. The Kier molecular flexibility index (Phi) is 7.03. The van der Waals surface area contributed by atoms with E-state index in [1.807, 2.05) is 20.8 Å². The van der Waals surface area contributed by atoms with Crippen LogP contribution in [-0.2, 0) is 14.3 Å². The van der Waals surface area contributed by atoms with Crippen LogP contribution < -0.4 is 0 Å². The van der Waals surface area contributed by atoms with Gasteiger partial charge in [-0.15, -0.1) is 0 Å². The summed E-state index contributed by atoms with van der Waals surface area (Å²) in [5, 5.41) is 0. The number of carbonyl (C=O) groups excluding carboxylic acids is 3. The Morgan fingerprint density at radius 2 is 1.52 bits per heavy atom. The van der Waals surface area contributed by atoms with Gasteiger partial charge in [0.05, 0.1) is 6.42 Å². The quantitative estimate of drug-likeness (QED) is 0.728. The topological polar surface area (TPSA) is 66.9 Å². The van der Waals surface area contributed by atoms with E-state index >= 15 is 0 Å². The molecule has 0 unspecified atom stereocenters. The van der Waals surface area contributed by atoms with Crippen LogP contribution in [0.3, 0.4) is 0 Å². The number of amides is 2. The average Bonchev–Trinajstić information content (AvgIpc) is 2.43. The summed E-state index contributed by atoms with van der Waals surface area (Å²) in [5.41, 5.74) is -0.521. The number of nitrogens with zero attached hydrogens (tertiary/aromatic N) is 2. The van der Waals surface area contributed by atoms with Gasteiger partial charge in [-0.25, -0.2) is 4.79 Å². The SMILES string of the molecule is CC(C)CCC(=O)CC(=O)N1CCN(C(=O)OC(C)(C)C)CC1. The van der Waals surface area contributed by atoms with E-state index < -0.39 is 5.60 Å². The van der Waals surface area contributed by atoms with Crippen molar-refractivity contribution in [1.29, 1.82) is 0 Å². The lowest BCUT2D eigenvalue weighted by molar-refractivity contribution is -0.136. The summed E-state index contributed by atoms with van der Waals surface area (Å²) in [4.78, 5) is 39.2. The lowest BCUT2D eigenvalue weighted by atomic mass is 10.0. The monoisotopic (exact) mass is 326 g/mol. The number of carbonyl (C=O) groups is 3. The van der Waals surface area contributed by atoms with Crippen LogP contribution in [0, 0.1) is 5.92 Å². The maximum absolute atomic E-state index is 12.1. The van der Waals surface area contributed by atoms with Crippen LogP contribution in [0.2, 0.25) is 0 Å². The summed E-state index contributed by atoms with van der Waals surface area (Å²) >= 11 is 0. The number of hydrogen-bond donors (Lipinski definition) is 0. The molecule has 1 saturated heterocycles. The van der Waals surface area contributed by atoms with Gasteiger partial charge in [0.2, 0.25) is 5.91 Å². The first-order chi connectivity index (χ1) is 10.6. The summed E-state index contributed by atoms with van der Waals surface area (Å²) in [6.07, 6.45) is 0.900. The van der Waals surface area contributed by atoms with Crippen molar-refractivity contribution in [2.75, 3.05) is 26.2 Å². The normalized spacial score (nSPS) is 15.7. The zero-order valence-electron chi connectivity index (χ0n) is 15.1. The van der Waals surface area contributed by atoms with Crippen LogP contribution in [-0.4, -0.2) is 59.4 Å². The van der Waals surface area contributed by atoms with E-state index in [4.69, 9.17) is 4.74 Å². The number of Topliss-reactive ketones (excluding diaryl/α,β-unsaturated/α-hetero) is 1. The van der Waals surface area contributed by atoms with Crippen molar-refractivity contribution >= 4 is 17.8 Å². The molecule has 6 heteroatoms. The zero-order chi connectivity index (χ0) is 17.6. The molecule has 0 aromatic heterocycles. The third-order valence-electron chi connectivity index (χ3n) is 3.63. The van der Waals surface area contributed by atoms with Crippen LogP contribution in [0.15, 0.2) is 0 Å². The minimum absolute atomic E-state index is 0.00160. The van der Waals surface area contributed by atoms with Crippen LogP contribution in [0.5, 0.6) is 0 Å². The fourth-order valence-corrected chi connectivity index (χ4v) is 2.28. The van der Waals surface area contributed by atoms with Crippen molar-refractivity contribution in [3.8, 4) is 0 Å². The second-order valence-corrected chi connectivity index (χ2v) is 7.50. The van der Waals surface area contributed by atoms with Gasteiger partial charge >= 0.3 is 6.09 Å². The summed E-state index contributed by atoms with van der Waals surface area (Å²) < 4.78 is 5.32. The number of ketones is 1. The number of hydrogen-bond acceptors (Lipinski definition) is 4. The van der Waals surface area contributed by atoms with Gasteiger partial charge in [-0.1, -0.05) is 13.8 Å². The summed E-state index contributed by atoms with van der Waals surface area (Å²) in [6, 6.07) is 0. The fraction of sp³-hybridized carbons (Fsp3) is 0.824. The Hall–Kier alpha value is -1.59. The molecule has 2 amide bonds. The Morgan fingerprint density at radius 3 is 2.00 bits per heavy atom. The van der Waals surface area contributed by atoms with Crippen molar-refractivity contribution in [3.63, 3.8) is 0 Å². The van der Waals surface area contributed by atoms with Crippen molar-refractivity contribution in [2.24, 2.45) is 5.92 Å². The molecule has 0 N–H and O–H groups in total. The van der Waals surface area contributed by atoms with E-state index in [1.54, 1.807) is 9.80 Å². The Morgan fingerprint density at radius 1 is 1.00 bits per heavy atom. The van der Waals surface area contributed by atoms with E-state index in [0.717, 1.165) is 6.42 Å². The van der Waals surface area contributed by atoms with Gasteiger partial charge in [0.15, 0.2) is 0 Å². The molecule has 23 heavy (non-hydrogen) atoms. The zero-order valence-corrected chi connectivity index (χ0v) is 15.1. The van der Waals surface area contributed by atoms with E-state index in [9.17, 15) is 14.4 Å². The lowest BCUT2D eigenvalue weighted by Crippen LogP contribution is -2.51. The van der Waals surface area contributed by atoms with Crippen LogP contribution >= 0.6 is 0 Å². The van der Waals surface area contributed by atoms with Gasteiger partial charge in [-0.2, -0.15) is 0 Å². The first-order valence-corrected chi connectivity index (χ1v) is 8.36. The molecule has 1 fully saturated rings. The van der Waals surface area contributed by atoms with Crippen molar-refractivity contribution < 1.29 is 19.1 Å². The van der Waals surface area contributed by atoms with Crippen molar-refractivity contribution in [1.82, 2.24) is 9.80 Å². The molecule has 0 aliphatic carbocycles. The van der Waals surface area contributed by atoms with Gasteiger partial charge in [0, 0.05) is 32.6 Å². The third-order valence-corrected chi connectivity index (χ3v) is 3.63. The minimum Gasteiger partial charge on any atom is -0.444 e. The van der Waals surface area contributed by atoms with E-state index in [2.05, 4.69) is 13.8 Å². The van der Waals surface area contributed by atoms with Gasteiger partial charge in [0.25, 0.3) is 0 Å². The second-order valence-electron chi connectivity index (χ2n) is 7.50. The highest BCUT2D eigenvalue weighted by atomic mass is 16.6. The molecule has 0 bridgehead atoms. The molecule has 0 saturated carbocycles. The molecule has 1 aliphatic rings. The molecule has 6 nitrogen and oxygen atoms in total. The molecule has 1 rings (SSSR count). The molecule has 0 atom stereocenters. The molecule has 1 aliphatic heterocycles. The Labute approximate surface area is 139 Å². The van der Waals surface area contributed by atoms with Crippen molar-refractivity contribution in [2.45, 2.75) is 59.5 Å². The molecule has 132 valence electrons. The highest BCUT2D eigenvalue weighted by Gasteiger charge is 2.28. The molecular formula is C17H30N2O4. The van der Waals surface area contributed by atoms with E-state index in [-0.39, 0.29) is 24.2 Å². The maximum Gasteiger partial charge on any atom is 0.410 e. The summed E-state index contributed by atoms with van der Waals surface area (Å²) in [6.45, 7) is 11.4. The van der Waals surface area contributed by atoms with Crippen LogP contribution in [0.4, 0.5) is 4.79 Å². The molecule has 0 radical (unpaired) electrons. The van der Waals surface area contributed by atoms with E-state index in [0.29, 0.717) is 38.5 Å². The molecule has 1 heterocycles. The second kappa shape index (κ2) is 8.31. The summed E-state index contributed by atoms with van der Waals surface area (Å²) in [5.74, 6) is 0.326. The molecular weight excluding hydrogens is 296 g/mol. The Balaban J connectivity index is 2.36. The largest absolute Gasteiger partial charge is 0.444 e. The molecule has 0 spiro atoms. The van der Waals surface area contributed by atoms with Crippen LogP contribution in [0.1, 0.15) is 53.9 Å². The van der Waals surface area contributed by atoms with Gasteiger partial charge < -0.3 is 14.5 Å². The first-order valence-electron chi connectivity index (χ1n) is 8.36. The smallest absolute Gasteiger partial charge is 0.410 e. The molecule has 0 aromatic carbocycles. The summed E-state index contributed by atoms with van der Waals surface area (Å²) in [7, 11) is 0. The fourth-order valence-electron chi connectivity index (χ4n) is 2.28. The molecule has 0 aromatic rings. The van der Waals surface area contributed by atoms with E-state index in [1.165, 1.54) is 0 Å². The number of ether oxygens (including phenoxy) is 1. The predicted molar refractivity (Wildman–Crippen MR) is 88.1 cm³/mol. The first kappa shape index (κ1) is 19.5. The number of rotatable bonds is 5. The maximum atomic E-state index is 12.1. The van der Waals surface area contributed by atoms with Gasteiger partial charge in [0.1, 0.15) is 11.4 Å². The highest BCUT2D eigenvalue weighted by Crippen LogP contribution is 2.13.